The summed E-state index contributed by atoms with van der Waals surface area (Å²) < 4.78 is 0. The Labute approximate surface area is 72.6 Å². The molecule has 0 bridgehead atoms. The summed E-state index contributed by atoms with van der Waals surface area (Å²) in [4.78, 5) is 8.07. The molecule has 1 aromatic rings. The number of anilines is 1. The van der Waals surface area contributed by atoms with E-state index >= 15 is 0 Å². The van der Waals surface area contributed by atoms with Gasteiger partial charge < -0.3 is 5.32 Å². The normalized spacial score (nSPS) is 11.3. The molecule has 0 aromatic carbocycles. The van der Waals surface area contributed by atoms with E-state index in [-0.39, 0.29) is 0 Å². The third-order valence-corrected chi connectivity index (χ3v) is 1.55. The maximum atomic E-state index is 4.08. The van der Waals surface area contributed by atoms with Crippen molar-refractivity contribution in [3.63, 3.8) is 0 Å². The van der Waals surface area contributed by atoms with Crippen molar-refractivity contribution < 1.29 is 0 Å². The van der Waals surface area contributed by atoms with E-state index in [0.717, 1.165) is 17.9 Å². The van der Waals surface area contributed by atoms with Crippen LogP contribution in [-0.4, -0.2) is 17.9 Å². The smallest absolute Gasteiger partial charge is 0.100 e. The molecule has 3 nitrogen and oxygen atoms in total. The minimum absolute atomic E-state index is 0.908. The van der Waals surface area contributed by atoms with E-state index in [1.165, 1.54) is 0 Å². The van der Waals surface area contributed by atoms with Gasteiger partial charge in [-0.25, -0.2) is 0 Å². The Balaban J connectivity index is 2.64. The fourth-order valence-electron chi connectivity index (χ4n) is 0.906. The monoisotopic (exact) mass is 163 g/mol. The second-order valence-corrected chi connectivity index (χ2v) is 2.39. The van der Waals surface area contributed by atoms with Gasteiger partial charge in [0.25, 0.3) is 0 Å². The summed E-state index contributed by atoms with van der Waals surface area (Å²) in [7, 11) is 1.78. The van der Waals surface area contributed by atoms with Gasteiger partial charge in [-0.05, 0) is 12.1 Å². The first-order valence-electron chi connectivity index (χ1n) is 3.99. The van der Waals surface area contributed by atoms with Gasteiger partial charge in [0, 0.05) is 19.7 Å². The van der Waals surface area contributed by atoms with Crippen molar-refractivity contribution in [1.82, 2.24) is 4.98 Å². The van der Waals surface area contributed by atoms with Crippen molar-refractivity contribution >= 4 is 11.5 Å². The van der Waals surface area contributed by atoms with E-state index in [9.17, 15) is 0 Å². The maximum absolute atomic E-state index is 4.08. The standard InChI is InChI=1S/C9H13N3/c1-3-9(10-2)12-8-5-4-6-11-7-8/h4-7H,3H2,1-2H3,(H,10,12). The SMILES string of the molecule is CCC(=NC)Nc1cccnc1. The fraction of sp³-hybridized carbons (Fsp3) is 0.333. The lowest BCUT2D eigenvalue weighted by Gasteiger charge is -2.05. The Morgan fingerprint density at radius 3 is 3.00 bits per heavy atom. The zero-order chi connectivity index (χ0) is 8.81. The lowest BCUT2D eigenvalue weighted by Crippen LogP contribution is -2.10. The van der Waals surface area contributed by atoms with Crippen LogP contribution in [0.5, 0.6) is 0 Å². The summed E-state index contributed by atoms with van der Waals surface area (Å²) in [6.07, 6.45) is 4.44. The molecule has 0 fully saturated rings. The zero-order valence-corrected chi connectivity index (χ0v) is 7.41. The van der Waals surface area contributed by atoms with Crippen LogP contribution in [0.4, 0.5) is 5.69 Å². The van der Waals surface area contributed by atoms with Gasteiger partial charge in [0.05, 0.1) is 11.9 Å². The number of amidine groups is 1. The molecule has 12 heavy (non-hydrogen) atoms. The van der Waals surface area contributed by atoms with Gasteiger partial charge in [-0.2, -0.15) is 0 Å². The topological polar surface area (TPSA) is 37.3 Å². The molecule has 0 aliphatic carbocycles. The summed E-state index contributed by atoms with van der Waals surface area (Å²) in [5, 5.41) is 3.17. The van der Waals surface area contributed by atoms with Crippen LogP contribution in [0.1, 0.15) is 13.3 Å². The molecule has 0 aliphatic heterocycles. The minimum atomic E-state index is 0.908. The Morgan fingerprint density at radius 2 is 2.50 bits per heavy atom. The van der Waals surface area contributed by atoms with Crippen LogP contribution in [0.25, 0.3) is 0 Å². The number of rotatable bonds is 2. The highest BCUT2D eigenvalue weighted by Crippen LogP contribution is 2.03. The van der Waals surface area contributed by atoms with E-state index in [1.54, 1.807) is 19.4 Å². The first-order chi connectivity index (χ1) is 5.86. The molecule has 1 N–H and O–H groups in total. The lowest BCUT2D eigenvalue weighted by atomic mass is 10.4. The summed E-state index contributed by atoms with van der Waals surface area (Å²) in [6.45, 7) is 2.06. The molecule has 1 rings (SSSR count). The van der Waals surface area contributed by atoms with E-state index in [1.807, 2.05) is 12.1 Å². The van der Waals surface area contributed by atoms with Gasteiger partial charge >= 0.3 is 0 Å². The molecule has 0 spiro atoms. The Hall–Kier alpha value is -1.38. The average Bonchev–Trinajstić information content (AvgIpc) is 2.16. The molecular weight excluding hydrogens is 150 g/mol. The molecule has 0 amide bonds. The van der Waals surface area contributed by atoms with Crippen LogP contribution in [0.3, 0.4) is 0 Å². The first-order valence-corrected chi connectivity index (χ1v) is 3.99. The number of hydrogen-bond acceptors (Lipinski definition) is 2. The largest absolute Gasteiger partial charge is 0.343 e. The highest BCUT2D eigenvalue weighted by molar-refractivity contribution is 5.94. The van der Waals surface area contributed by atoms with E-state index < -0.39 is 0 Å². The predicted octanol–water partition coefficient (Wildman–Crippen LogP) is 1.93. The first kappa shape index (κ1) is 8.71. The number of nitrogens with one attached hydrogen (secondary N) is 1. The van der Waals surface area contributed by atoms with Gasteiger partial charge in [-0.3, -0.25) is 9.98 Å². The summed E-state index contributed by atoms with van der Waals surface area (Å²) in [5.41, 5.74) is 0.986. The second kappa shape index (κ2) is 4.49. The van der Waals surface area contributed by atoms with Gasteiger partial charge in [-0.15, -0.1) is 0 Å². The third kappa shape index (κ3) is 2.34. The molecule has 0 aliphatic rings. The number of pyridine rings is 1. The second-order valence-electron chi connectivity index (χ2n) is 2.39. The highest BCUT2D eigenvalue weighted by atomic mass is 15.0. The zero-order valence-electron chi connectivity index (χ0n) is 7.41. The van der Waals surface area contributed by atoms with Crippen molar-refractivity contribution in [2.24, 2.45) is 4.99 Å². The van der Waals surface area contributed by atoms with E-state index in [2.05, 4.69) is 22.2 Å². The van der Waals surface area contributed by atoms with Gasteiger partial charge in [-0.1, -0.05) is 6.92 Å². The number of aromatic nitrogens is 1. The van der Waals surface area contributed by atoms with Crippen molar-refractivity contribution in [3.8, 4) is 0 Å². The van der Waals surface area contributed by atoms with Gasteiger partial charge in [0.15, 0.2) is 0 Å². The third-order valence-electron chi connectivity index (χ3n) is 1.55. The molecule has 0 unspecified atom stereocenters. The van der Waals surface area contributed by atoms with Crippen LogP contribution in [0.15, 0.2) is 29.5 Å². The minimum Gasteiger partial charge on any atom is -0.343 e. The quantitative estimate of drug-likeness (QED) is 0.534. The van der Waals surface area contributed by atoms with Crippen LogP contribution < -0.4 is 5.32 Å². The molecule has 64 valence electrons. The Morgan fingerprint density at radius 1 is 1.67 bits per heavy atom. The molecule has 1 heterocycles. The van der Waals surface area contributed by atoms with Crippen molar-refractivity contribution in [1.29, 1.82) is 0 Å². The van der Waals surface area contributed by atoms with Crippen molar-refractivity contribution in [2.75, 3.05) is 12.4 Å². The summed E-state index contributed by atoms with van der Waals surface area (Å²) in [6, 6.07) is 3.86. The predicted molar refractivity (Wildman–Crippen MR) is 51.5 cm³/mol. The fourth-order valence-corrected chi connectivity index (χ4v) is 0.906. The molecule has 0 saturated carbocycles. The highest BCUT2D eigenvalue weighted by Gasteiger charge is 1.93. The molecule has 0 radical (unpaired) electrons. The number of nitrogens with zero attached hydrogens (tertiary/aromatic N) is 2. The van der Waals surface area contributed by atoms with Gasteiger partial charge in [0.2, 0.25) is 0 Å². The van der Waals surface area contributed by atoms with Crippen LogP contribution in [0.2, 0.25) is 0 Å². The lowest BCUT2D eigenvalue weighted by molar-refractivity contribution is 1.23. The summed E-state index contributed by atoms with van der Waals surface area (Å²) >= 11 is 0. The maximum Gasteiger partial charge on any atom is 0.100 e. The average molecular weight is 163 g/mol. The van der Waals surface area contributed by atoms with Crippen LogP contribution >= 0.6 is 0 Å². The molecule has 1 aromatic heterocycles. The van der Waals surface area contributed by atoms with Crippen LogP contribution in [0, 0.1) is 0 Å². The van der Waals surface area contributed by atoms with E-state index in [4.69, 9.17) is 0 Å². The molecule has 0 atom stereocenters. The molecule has 3 heteroatoms. The molecular formula is C9H13N3. The van der Waals surface area contributed by atoms with Gasteiger partial charge in [0.1, 0.15) is 5.84 Å². The Kier molecular flexibility index (Phi) is 3.26. The van der Waals surface area contributed by atoms with Crippen molar-refractivity contribution in [3.05, 3.63) is 24.5 Å². The van der Waals surface area contributed by atoms with Crippen molar-refractivity contribution in [2.45, 2.75) is 13.3 Å². The summed E-state index contributed by atoms with van der Waals surface area (Å²) in [5.74, 6) is 0.975. The number of hydrogen-bond donors (Lipinski definition) is 1. The number of aliphatic imine (C=N–C) groups is 1. The Bertz CT molecular complexity index is 254. The molecule has 0 saturated heterocycles. The van der Waals surface area contributed by atoms with E-state index in [0.29, 0.717) is 0 Å². The van der Waals surface area contributed by atoms with Crippen LogP contribution in [-0.2, 0) is 0 Å².